The second kappa shape index (κ2) is 12.5. The number of allylic oxidation sites excluding steroid dienone is 1. The van der Waals surface area contributed by atoms with Crippen LogP contribution in [0.25, 0.3) is 17.4 Å². The summed E-state index contributed by atoms with van der Waals surface area (Å²) >= 11 is 1.18. The summed E-state index contributed by atoms with van der Waals surface area (Å²) in [6.07, 6.45) is 1.62. The minimum Gasteiger partial charge on any atom is -0.493 e. The van der Waals surface area contributed by atoms with Gasteiger partial charge in [0.15, 0.2) is 16.3 Å². The highest BCUT2D eigenvalue weighted by Gasteiger charge is 2.34. The molecular weight excluding hydrogens is 572 g/mol. The van der Waals surface area contributed by atoms with Gasteiger partial charge in [0.2, 0.25) is 0 Å². The highest BCUT2D eigenvalue weighted by molar-refractivity contribution is 7.07. The van der Waals surface area contributed by atoms with Gasteiger partial charge in [-0.3, -0.25) is 9.36 Å². The molecule has 0 N–H and O–H groups in total. The number of carbonyl (C=O) groups excluding carboxylic acids is 2. The summed E-state index contributed by atoms with van der Waals surface area (Å²) in [5.41, 5.74) is 1.91. The maximum absolute atomic E-state index is 14.0. The number of hydrogen-bond donors (Lipinski definition) is 0. The number of carbonyl (C=O) groups is 2. The summed E-state index contributed by atoms with van der Waals surface area (Å²) in [6.45, 7) is 5.87. The van der Waals surface area contributed by atoms with Crippen molar-refractivity contribution in [1.82, 2.24) is 4.57 Å². The zero-order chi connectivity index (χ0) is 30.7. The van der Waals surface area contributed by atoms with Crippen LogP contribution in [-0.4, -0.2) is 43.9 Å². The molecule has 2 aromatic heterocycles. The Bertz CT molecular complexity index is 1910. The van der Waals surface area contributed by atoms with Gasteiger partial charge in [-0.15, -0.1) is 0 Å². The number of esters is 2. The summed E-state index contributed by atoms with van der Waals surface area (Å²) in [4.78, 5) is 44.5. The summed E-state index contributed by atoms with van der Waals surface area (Å²) in [5, 5.41) is 0. The quantitative estimate of drug-likeness (QED) is 0.261. The fraction of sp³-hybridized carbons (Fsp3) is 0.250. The van der Waals surface area contributed by atoms with E-state index in [1.807, 2.05) is 6.92 Å². The van der Waals surface area contributed by atoms with Gasteiger partial charge in [0.25, 0.3) is 5.56 Å². The number of aromatic nitrogens is 1. The summed E-state index contributed by atoms with van der Waals surface area (Å²) in [5.74, 6) is 0.815. The number of methoxy groups -OCH3 is 2. The fourth-order valence-corrected chi connectivity index (χ4v) is 5.96. The first-order valence-corrected chi connectivity index (χ1v) is 14.4. The molecule has 2 aromatic carbocycles. The molecule has 0 unspecified atom stereocenters. The number of fused-ring (bicyclic) bond motifs is 1. The molecule has 43 heavy (non-hydrogen) atoms. The molecule has 0 bridgehead atoms. The molecule has 11 heteroatoms. The minimum atomic E-state index is -0.818. The van der Waals surface area contributed by atoms with Crippen molar-refractivity contribution in [2.24, 2.45) is 4.99 Å². The molecule has 1 aliphatic heterocycles. The number of furan rings is 1. The third-order valence-electron chi connectivity index (χ3n) is 6.82. The van der Waals surface area contributed by atoms with Crippen LogP contribution >= 0.6 is 11.3 Å². The molecule has 0 amide bonds. The van der Waals surface area contributed by atoms with Crippen molar-refractivity contribution in [3.63, 3.8) is 0 Å². The van der Waals surface area contributed by atoms with Crippen molar-refractivity contribution >= 4 is 29.4 Å². The first kappa shape index (κ1) is 29.6. The van der Waals surface area contributed by atoms with E-state index in [-0.39, 0.29) is 17.7 Å². The molecule has 222 valence electrons. The largest absolute Gasteiger partial charge is 0.493 e. The van der Waals surface area contributed by atoms with Gasteiger partial charge in [-0.05, 0) is 56.7 Å². The molecule has 0 radical (unpaired) electrons. The van der Waals surface area contributed by atoms with Crippen LogP contribution in [0.3, 0.4) is 0 Å². The number of rotatable bonds is 9. The predicted octanol–water partition coefficient (Wildman–Crippen LogP) is 4.25. The van der Waals surface area contributed by atoms with E-state index in [1.165, 1.54) is 23.0 Å². The van der Waals surface area contributed by atoms with Crippen molar-refractivity contribution in [2.45, 2.75) is 26.8 Å². The van der Waals surface area contributed by atoms with E-state index < -0.39 is 18.0 Å². The first-order valence-electron chi connectivity index (χ1n) is 13.6. The lowest BCUT2D eigenvalue weighted by atomic mass is 9.95. The van der Waals surface area contributed by atoms with Crippen LogP contribution in [0.2, 0.25) is 0 Å². The average Bonchev–Trinajstić information content (AvgIpc) is 3.60. The van der Waals surface area contributed by atoms with Crippen molar-refractivity contribution < 1.29 is 33.0 Å². The topological polar surface area (TPSA) is 119 Å². The monoisotopic (exact) mass is 602 g/mol. The van der Waals surface area contributed by atoms with E-state index in [1.54, 1.807) is 81.6 Å². The van der Waals surface area contributed by atoms with Crippen LogP contribution in [0.4, 0.5) is 0 Å². The SMILES string of the molecule is CCOC(=O)C1=C(C)N=c2s/c(=C/c3ccc(-c4ccccc4C(=O)OC)o3)c(=O)n2[C@H]1c1ccc(OC)c(OCC)c1. The lowest BCUT2D eigenvalue weighted by molar-refractivity contribution is -0.139. The Balaban J connectivity index is 1.65. The third-order valence-corrected chi connectivity index (χ3v) is 7.80. The molecule has 0 aliphatic carbocycles. The van der Waals surface area contributed by atoms with E-state index in [4.69, 9.17) is 23.4 Å². The minimum absolute atomic E-state index is 0.166. The second-order valence-corrected chi connectivity index (χ2v) is 10.4. The van der Waals surface area contributed by atoms with Crippen LogP contribution in [0.5, 0.6) is 11.5 Å². The molecule has 0 fully saturated rings. The van der Waals surface area contributed by atoms with Crippen molar-refractivity contribution in [2.75, 3.05) is 27.4 Å². The zero-order valence-electron chi connectivity index (χ0n) is 24.3. The number of thiazole rings is 1. The van der Waals surface area contributed by atoms with Crippen molar-refractivity contribution in [3.05, 3.63) is 102 Å². The Morgan fingerprint density at radius 2 is 1.81 bits per heavy atom. The maximum Gasteiger partial charge on any atom is 0.338 e. The Morgan fingerprint density at radius 1 is 1.02 bits per heavy atom. The van der Waals surface area contributed by atoms with E-state index in [2.05, 4.69) is 4.99 Å². The molecule has 0 saturated carbocycles. The van der Waals surface area contributed by atoms with Gasteiger partial charge in [-0.1, -0.05) is 35.6 Å². The van der Waals surface area contributed by atoms with E-state index in [9.17, 15) is 14.4 Å². The smallest absolute Gasteiger partial charge is 0.338 e. The Hall–Kier alpha value is -4.90. The molecule has 0 saturated heterocycles. The van der Waals surface area contributed by atoms with Crippen LogP contribution < -0.4 is 24.4 Å². The number of ether oxygens (including phenoxy) is 4. The Kier molecular flexibility index (Phi) is 8.63. The van der Waals surface area contributed by atoms with Crippen molar-refractivity contribution in [3.8, 4) is 22.8 Å². The van der Waals surface area contributed by atoms with Gasteiger partial charge < -0.3 is 23.4 Å². The third kappa shape index (κ3) is 5.63. The Labute approximate surface area is 251 Å². The molecule has 5 rings (SSSR count). The van der Waals surface area contributed by atoms with E-state index >= 15 is 0 Å². The fourth-order valence-electron chi connectivity index (χ4n) is 4.93. The number of hydrogen-bond acceptors (Lipinski definition) is 10. The molecule has 4 aromatic rings. The highest BCUT2D eigenvalue weighted by Crippen LogP contribution is 2.36. The molecule has 0 spiro atoms. The normalized spacial score (nSPS) is 14.6. The molecule has 1 atom stereocenters. The van der Waals surface area contributed by atoms with Gasteiger partial charge >= 0.3 is 11.9 Å². The van der Waals surface area contributed by atoms with Gasteiger partial charge in [-0.2, -0.15) is 0 Å². The van der Waals surface area contributed by atoms with Crippen LogP contribution in [0.1, 0.15) is 48.5 Å². The van der Waals surface area contributed by atoms with E-state index in [0.29, 0.717) is 61.3 Å². The average molecular weight is 603 g/mol. The molecule has 10 nitrogen and oxygen atoms in total. The zero-order valence-corrected chi connectivity index (χ0v) is 25.2. The summed E-state index contributed by atoms with van der Waals surface area (Å²) in [6, 6.07) is 14.9. The molecular formula is C32H30N2O8S. The number of nitrogens with zero attached hydrogens (tertiary/aromatic N) is 2. The van der Waals surface area contributed by atoms with Gasteiger partial charge in [-0.25, -0.2) is 14.6 Å². The highest BCUT2D eigenvalue weighted by atomic mass is 32.1. The maximum atomic E-state index is 14.0. The second-order valence-electron chi connectivity index (χ2n) is 9.38. The van der Waals surface area contributed by atoms with E-state index in [0.717, 1.165) is 0 Å². The summed E-state index contributed by atoms with van der Waals surface area (Å²) < 4.78 is 29.4. The first-order chi connectivity index (χ1) is 20.8. The molecule has 1 aliphatic rings. The van der Waals surface area contributed by atoms with Gasteiger partial charge in [0, 0.05) is 11.6 Å². The van der Waals surface area contributed by atoms with Gasteiger partial charge in [0.05, 0.1) is 54.8 Å². The predicted molar refractivity (Wildman–Crippen MR) is 160 cm³/mol. The lowest BCUT2D eigenvalue weighted by Gasteiger charge is -2.25. The lowest BCUT2D eigenvalue weighted by Crippen LogP contribution is -2.39. The van der Waals surface area contributed by atoms with Gasteiger partial charge in [0.1, 0.15) is 11.5 Å². The standard InChI is InChI=1S/C32H30N2O8S/c1-6-40-25-16-19(12-14-24(25)38-4)28-27(31(37)41-7-2)18(3)33-32-34(28)29(35)26(43-32)17-20-13-15-23(42-20)21-10-8-9-11-22(21)30(36)39-5/h8-17,28H,6-7H2,1-5H3/b26-17+/t28-/m0/s1. The Morgan fingerprint density at radius 3 is 2.53 bits per heavy atom. The number of benzene rings is 2. The molecule has 3 heterocycles. The van der Waals surface area contributed by atoms with Crippen LogP contribution in [-0.2, 0) is 14.3 Å². The van der Waals surface area contributed by atoms with Crippen LogP contribution in [0.15, 0.2) is 80.1 Å². The van der Waals surface area contributed by atoms with Crippen molar-refractivity contribution in [1.29, 1.82) is 0 Å². The summed E-state index contributed by atoms with van der Waals surface area (Å²) in [7, 11) is 2.86. The van der Waals surface area contributed by atoms with Crippen LogP contribution in [0, 0.1) is 0 Å².